The topological polar surface area (TPSA) is 54.2 Å². The second kappa shape index (κ2) is 4.64. The van der Waals surface area contributed by atoms with Gasteiger partial charge in [-0.3, -0.25) is 4.90 Å². The third kappa shape index (κ3) is 2.60. The van der Waals surface area contributed by atoms with Crippen molar-refractivity contribution in [2.45, 2.75) is 51.1 Å². The summed E-state index contributed by atoms with van der Waals surface area (Å²) in [6.07, 6.45) is 6.76. The lowest BCUT2D eigenvalue weighted by molar-refractivity contribution is 0.146. The van der Waals surface area contributed by atoms with Crippen molar-refractivity contribution in [2.24, 2.45) is 0 Å². The van der Waals surface area contributed by atoms with Crippen LogP contribution >= 0.6 is 0 Å². The first-order valence-electron chi connectivity index (χ1n) is 6.62. The summed E-state index contributed by atoms with van der Waals surface area (Å²) in [7, 11) is 0. The number of rotatable bonds is 4. The summed E-state index contributed by atoms with van der Waals surface area (Å²) in [6, 6.07) is 2.05. The van der Waals surface area contributed by atoms with Gasteiger partial charge < -0.3 is 9.73 Å². The lowest BCUT2D eigenvalue weighted by Gasteiger charge is -2.35. The van der Waals surface area contributed by atoms with Crippen molar-refractivity contribution in [1.82, 2.24) is 15.1 Å². The van der Waals surface area contributed by atoms with Crippen molar-refractivity contribution < 1.29 is 4.42 Å². The zero-order valence-corrected chi connectivity index (χ0v) is 10.4. The molecule has 0 bridgehead atoms. The second-order valence-corrected chi connectivity index (χ2v) is 5.13. The van der Waals surface area contributed by atoms with E-state index in [-0.39, 0.29) is 0 Å². The number of aryl methyl sites for hydroxylation is 1. The number of piperidine rings is 1. The third-order valence-corrected chi connectivity index (χ3v) is 3.70. The number of nitrogens with one attached hydrogen (secondary N) is 1. The number of hydrogen-bond donors (Lipinski definition) is 1. The van der Waals surface area contributed by atoms with Crippen LogP contribution in [0.15, 0.2) is 4.42 Å². The second-order valence-electron chi connectivity index (χ2n) is 5.13. The minimum atomic E-state index is 0.559. The summed E-state index contributed by atoms with van der Waals surface area (Å²) >= 11 is 0. The van der Waals surface area contributed by atoms with Gasteiger partial charge >= 0.3 is 6.01 Å². The highest BCUT2D eigenvalue weighted by molar-refractivity contribution is 5.17. The Labute approximate surface area is 102 Å². The molecule has 17 heavy (non-hydrogen) atoms. The van der Waals surface area contributed by atoms with E-state index in [9.17, 15) is 0 Å². The van der Waals surface area contributed by atoms with E-state index in [2.05, 4.69) is 20.4 Å². The zero-order chi connectivity index (χ0) is 11.7. The molecule has 1 saturated carbocycles. The Bertz CT molecular complexity index is 374. The molecule has 5 heteroatoms. The molecule has 1 aromatic rings. The Morgan fingerprint density at radius 2 is 2.18 bits per heavy atom. The van der Waals surface area contributed by atoms with E-state index in [1.807, 2.05) is 6.92 Å². The van der Waals surface area contributed by atoms with Gasteiger partial charge in [0.1, 0.15) is 0 Å². The monoisotopic (exact) mass is 236 g/mol. The summed E-state index contributed by atoms with van der Waals surface area (Å²) in [5.74, 6) is 0.621. The molecule has 0 amide bonds. The molecule has 0 spiro atoms. The molecule has 94 valence electrons. The molecule has 0 radical (unpaired) electrons. The highest BCUT2D eigenvalue weighted by atomic mass is 16.4. The fraction of sp³-hybridized carbons (Fsp3) is 0.833. The summed E-state index contributed by atoms with van der Waals surface area (Å²) in [4.78, 5) is 2.67. The summed E-state index contributed by atoms with van der Waals surface area (Å²) in [6.45, 7) is 4.01. The van der Waals surface area contributed by atoms with Gasteiger partial charge in [-0.15, -0.1) is 5.10 Å². The van der Waals surface area contributed by atoms with Gasteiger partial charge in [0.25, 0.3) is 0 Å². The van der Waals surface area contributed by atoms with Crippen LogP contribution in [-0.2, 0) is 0 Å². The van der Waals surface area contributed by atoms with Crippen LogP contribution in [0.25, 0.3) is 0 Å². The smallest absolute Gasteiger partial charge is 0.315 e. The fourth-order valence-corrected chi connectivity index (χ4v) is 2.70. The van der Waals surface area contributed by atoms with Crippen LogP contribution in [0.2, 0.25) is 0 Å². The Balaban J connectivity index is 1.55. The molecule has 1 unspecified atom stereocenters. The molecule has 3 rings (SSSR count). The highest BCUT2D eigenvalue weighted by Gasteiger charge is 2.35. The van der Waals surface area contributed by atoms with Crippen LogP contribution in [0, 0.1) is 6.92 Å². The van der Waals surface area contributed by atoms with Crippen LogP contribution in [0.3, 0.4) is 0 Å². The molecule has 1 aliphatic heterocycles. The van der Waals surface area contributed by atoms with Crippen LogP contribution < -0.4 is 5.32 Å². The zero-order valence-electron chi connectivity index (χ0n) is 10.4. The average molecular weight is 236 g/mol. The van der Waals surface area contributed by atoms with Crippen molar-refractivity contribution >= 4 is 6.01 Å². The van der Waals surface area contributed by atoms with E-state index in [0.717, 1.165) is 12.6 Å². The number of hydrogen-bond acceptors (Lipinski definition) is 5. The number of anilines is 1. The summed E-state index contributed by atoms with van der Waals surface area (Å²) in [5.41, 5.74) is 0. The van der Waals surface area contributed by atoms with Gasteiger partial charge in [-0.25, -0.2) is 0 Å². The van der Waals surface area contributed by atoms with Gasteiger partial charge in [-0.1, -0.05) is 11.5 Å². The van der Waals surface area contributed by atoms with Gasteiger partial charge in [0, 0.05) is 25.6 Å². The minimum Gasteiger partial charge on any atom is -0.408 e. The molecule has 2 heterocycles. The first kappa shape index (κ1) is 11.0. The van der Waals surface area contributed by atoms with Crippen LogP contribution in [0.1, 0.15) is 38.0 Å². The van der Waals surface area contributed by atoms with E-state index in [1.54, 1.807) is 0 Å². The van der Waals surface area contributed by atoms with Gasteiger partial charge in [0.2, 0.25) is 5.89 Å². The molecule has 2 aliphatic rings. The van der Waals surface area contributed by atoms with E-state index in [4.69, 9.17) is 4.42 Å². The predicted molar refractivity (Wildman–Crippen MR) is 64.9 cm³/mol. The van der Waals surface area contributed by atoms with Gasteiger partial charge in [-0.2, -0.15) is 0 Å². The molecule has 2 fully saturated rings. The molecular formula is C12H20N4O. The Morgan fingerprint density at radius 3 is 2.88 bits per heavy atom. The van der Waals surface area contributed by atoms with Crippen LogP contribution in [0.5, 0.6) is 0 Å². The summed E-state index contributed by atoms with van der Waals surface area (Å²) < 4.78 is 5.33. The van der Waals surface area contributed by atoms with Crippen LogP contribution in [-0.4, -0.2) is 40.3 Å². The third-order valence-electron chi connectivity index (χ3n) is 3.70. The lowest BCUT2D eigenvalue weighted by Crippen LogP contribution is -2.44. The molecule has 1 atom stereocenters. The number of nitrogens with zero attached hydrogens (tertiary/aromatic N) is 3. The van der Waals surface area contributed by atoms with E-state index in [0.29, 0.717) is 17.9 Å². The molecule has 5 nitrogen and oxygen atoms in total. The molecular weight excluding hydrogens is 216 g/mol. The van der Waals surface area contributed by atoms with Crippen molar-refractivity contribution in [1.29, 1.82) is 0 Å². The molecule has 1 aliphatic carbocycles. The molecule has 1 N–H and O–H groups in total. The maximum absolute atomic E-state index is 5.33. The molecule has 1 saturated heterocycles. The Morgan fingerprint density at radius 1 is 1.29 bits per heavy atom. The Kier molecular flexibility index (Phi) is 3.01. The molecule has 1 aromatic heterocycles. The maximum Gasteiger partial charge on any atom is 0.315 e. The van der Waals surface area contributed by atoms with Crippen molar-refractivity contribution in [3.63, 3.8) is 0 Å². The maximum atomic E-state index is 5.33. The van der Waals surface area contributed by atoms with Gasteiger partial charge in [0.05, 0.1) is 0 Å². The SMILES string of the molecule is Cc1nnc(NCC2CCCCN2C2CC2)o1. The highest BCUT2D eigenvalue weighted by Crippen LogP contribution is 2.32. The predicted octanol–water partition coefficient (Wildman–Crippen LogP) is 1.81. The van der Waals surface area contributed by atoms with E-state index < -0.39 is 0 Å². The fourth-order valence-electron chi connectivity index (χ4n) is 2.70. The van der Waals surface area contributed by atoms with Crippen molar-refractivity contribution in [2.75, 3.05) is 18.4 Å². The first-order valence-corrected chi connectivity index (χ1v) is 6.62. The Hall–Kier alpha value is -1.10. The number of aromatic nitrogens is 2. The normalized spacial score (nSPS) is 26.1. The van der Waals surface area contributed by atoms with Gasteiger partial charge in [0.15, 0.2) is 0 Å². The first-order chi connectivity index (χ1) is 8.33. The van der Waals surface area contributed by atoms with Crippen molar-refractivity contribution in [3.8, 4) is 0 Å². The average Bonchev–Trinajstić information content (AvgIpc) is 3.11. The summed E-state index contributed by atoms with van der Waals surface area (Å²) in [5, 5.41) is 11.1. The van der Waals surface area contributed by atoms with E-state index in [1.165, 1.54) is 38.6 Å². The van der Waals surface area contributed by atoms with E-state index >= 15 is 0 Å². The van der Waals surface area contributed by atoms with Crippen molar-refractivity contribution in [3.05, 3.63) is 5.89 Å². The standard InChI is InChI=1S/C12H20N4O/c1-9-14-15-12(17-9)13-8-11-4-2-3-7-16(11)10-5-6-10/h10-11H,2-8H2,1H3,(H,13,15). The van der Waals surface area contributed by atoms with Crippen LogP contribution in [0.4, 0.5) is 6.01 Å². The minimum absolute atomic E-state index is 0.559. The lowest BCUT2D eigenvalue weighted by atomic mass is 10.0. The number of likely N-dealkylation sites (tertiary alicyclic amines) is 1. The molecule has 0 aromatic carbocycles. The van der Waals surface area contributed by atoms with Gasteiger partial charge in [-0.05, 0) is 32.2 Å². The quantitative estimate of drug-likeness (QED) is 0.864. The largest absolute Gasteiger partial charge is 0.408 e.